The number of thiocarbonyl (C=S) groups is 1. The number of nitrogens with one attached hydrogen (secondary N) is 2. The van der Waals surface area contributed by atoms with Crippen molar-refractivity contribution in [3.63, 3.8) is 0 Å². The van der Waals surface area contributed by atoms with E-state index in [0.29, 0.717) is 29.1 Å². The Morgan fingerprint density at radius 3 is 2.48 bits per heavy atom. The number of carbonyl (C=O) groups is 1. The highest BCUT2D eigenvalue weighted by Gasteiger charge is 2.67. The predicted molar refractivity (Wildman–Crippen MR) is 130 cm³/mol. The molecule has 0 amide bonds. The van der Waals surface area contributed by atoms with Crippen LogP contribution in [0.4, 0.5) is 0 Å². The highest BCUT2D eigenvalue weighted by Crippen LogP contribution is 2.71. The Bertz CT molecular complexity index is 772. The summed E-state index contributed by atoms with van der Waals surface area (Å²) in [5.41, 5.74) is 6.96. The zero-order valence-corrected chi connectivity index (χ0v) is 20.7. The number of ketones is 1. The second kappa shape index (κ2) is 7.41. The average molecular weight is 446 g/mol. The van der Waals surface area contributed by atoms with Gasteiger partial charge in [-0.3, -0.25) is 4.79 Å². The van der Waals surface area contributed by atoms with Crippen LogP contribution in [0.15, 0.2) is 0 Å². The molecule has 0 radical (unpaired) electrons. The minimum atomic E-state index is -0.0276. The number of Topliss-reactive ketones (excluding diaryl/α,β-unsaturated/α-hetero) is 1. The third-order valence-corrected chi connectivity index (χ3v) is 11.1. The molecule has 1 spiro atoms. The quantitative estimate of drug-likeness (QED) is 0.531. The van der Waals surface area contributed by atoms with Gasteiger partial charge in [-0.2, -0.15) is 0 Å². The normalized spacial score (nSPS) is 51.5. The Labute approximate surface area is 194 Å². The number of hydrogen-bond acceptors (Lipinski definition) is 3. The van der Waals surface area contributed by atoms with Crippen molar-refractivity contribution in [2.75, 3.05) is 0 Å². The maximum absolute atomic E-state index is 12.9. The molecular formula is C26H43N3OS. The fraction of sp³-hybridized carbons (Fsp3) is 0.923. The van der Waals surface area contributed by atoms with E-state index in [-0.39, 0.29) is 22.4 Å². The molecule has 5 fully saturated rings. The first kappa shape index (κ1) is 22.1. The Balaban J connectivity index is 1.34. The lowest BCUT2D eigenvalue weighted by atomic mass is 9.41. The van der Waals surface area contributed by atoms with Crippen molar-refractivity contribution in [3.05, 3.63) is 0 Å². The van der Waals surface area contributed by atoms with E-state index in [2.05, 4.69) is 31.4 Å². The maximum atomic E-state index is 12.9. The van der Waals surface area contributed by atoms with E-state index in [0.717, 1.165) is 37.2 Å². The van der Waals surface area contributed by atoms with Crippen LogP contribution >= 0.6 is 12.2 Å². The summed E-state index contributed by atoms with van der Waals surface area (Å²) in [7, 11) is 0. The van der Waals surface area contributed by atoms with Crippen LogP contribution in [0.5, 0.6) is 0 Å². The summed E-state index contributed by atoms with van der Waals surface area (Å²) >= 11 is 5.84. The first-order valence-corrected chi connectivity index (χ1v) is 13.4. The van der Waals surface area contributed by atoms with Gasteiger partial charge in [-0.25, -0.2) is 0 Å². The van der Waals surface area contributed by atoms with Gasteiger partial charge in [0.2, 0.25) is 0 Å². The summed E-state index contributed by atoms with van der Waals surface area (Å²) in [4.78, 5) is 12.9. The highest BCUT2D eigenvalue weighted by molar-refractivity contribution is 7.80. The molecule has 0 aromatic heterocycles. The molecule has 5 rings (SSSR count). The van der Waals surface area contributed by atoms with Gasteiger partial charge in [-0.15, -0.1) is 0 Å². The van der Waals surface area contributed by atoms with Gasteiger partial charge in [0, 0.05) is 29.5 Å². The average Bonchev–Trinajstić information content (AvgIpc) is 2.87. The van der Waals surface area contributed by atoms with Gasteiger partial charge < -0.3 is 16.4 Å². The summed E-state index contributed by atoms with van der Waals surface area (Å²) in [5.74, 6) is 1.86. The molecule has 2 bridgehead atoms. The lowest BCUT2D eigenvalue weighted by molar-refractivity contribution is -0.136. The van der Waals surface area contributed by atoms with Crippen LogP contribution in [0, 0.1) is 28.1 Å². The van der Waals surface area contributed by atoms with Gasteiger partial charge in [0.15, 0.2) is 5.11 Å². The Hall–Kier alpha value is -0.680. The fourth-order valence-electron chi connectivity index (χ4n) is 9.46. The van der Waals surface area contributed by atoms with Crippen molar-refractivity contribution >= 4 is 23.1 Å². The zero-order chi connectivity index (χ0) is 22.1. The molecule has 5 aliphatic carbocycles. The van der Waals surface area contributed by atoms with E-state index in [1.807, 2.05) is 0 Å². The number of hydrogen-bond donors (Lipinski definition) is 3. The van der Waals surface area contributed by atoms with E-state index < -0.39 is 0 Å². The minimum Gasteiger partial charge on any atom is -0.358 e. The van der Waals surface area contributed by atoms with Gasteiger partial charge in [0.1, 0.15) is 5.78 Å². The summed E-state index contributed by atoms with van der Waals surface area (Å²) in [6.07, 6.45) is 15.2. The Kier molecular flexibility index (Phi) is 5.29. The van der Waals surface area contributed by atoms with Gasteiger partial charge in [0.25, 0.3) is 0 Å². The van der Waals surface area contributed by atoms with Crippen molar-refractivity contribution in [1.29, 1.82) is 0 Å². The molecular weight excluding hydrogens is 402 g/mol. The monoisotopic (exact) mass is 445 g/mol. The number of rotatable bonds is 2. The van der Waals surface area contributed by atoms with E-state index in [1.54, 1.807) is 0 Å². The molecule has 5 aliphatic rings. The van der Waals surface area contributed by atoms with Gasteiger partial charge in [-0.05, 0) is 99.6 Å². The van der Waals surface area contributed by atoms with Crippen LogP contribution in [0.3, 0.4) is 0 Å². The molecule has 5 heteroatoms. The van der Waals surface area contributed by atoms with Crippen LogP contribution in [0.2, 0.25) is 0 Å². The van der Waals surface area contributed by atoms with Gasteiger partial charge in [0.05, 0.1) is 0 Å². The van der Waals surface area contributed by atoms with Crippen molar-refractivity contribution in [1.82, 2.24) is 10.6 Å². The van der Waals surface area contributed by atoms with Crippen LogP contribution < -0.4 is 16.4 Å². The van der Waals surface area contributed by atoms with Gasteiger partial charge in [-0.1, -0.05) is 33.1 Å². The molecule has 5 saturated carbocycles. The van der Waals surface area contributed by atoms with Crippen molar-refractivity contribution < 1.29 is 4.79 Å². The highest BCUT2D eigenvalue weighted by atomic mass is 32.1. The molecule has 174 valence electrons. The SMILES string of the molecule is C[C@@]12CCC3[C@@](CCC4[C@@]3(C)CCC[C@@]4(C)NC(=S)NC3CCCCC3N)(CC1=O)C2. The second-order valence-corrected chi connectivity index (χ2v) is 13.2. The van der Waals surface area contributed by atoms with Crippen molar-refractivity contribution in [2.24, 2.45) is 33.8 Å². The van der Waals surface area contributed by atoms with Crippen LogP contribution in [0.1, 0.15) is 104 Å². The number of nitrogens with two attached hydrogens (primary N) is 1. The first-order chi connectivity index (χ1) is 14.6. The van der Waals surface area contributed by atoms with Crippen molar-refractivity contribution in [2.45, 2.75) is 122 Å². The standard InChI is InChI=1S/C26H43N3OS/c1-23-13-9-20-24(2)11-6-12-25(3,19(24)10-14-26(20,16-23)15-21(23)30)29-22(31)28-18-8-5-4-7-17(18)27/h17-20H,4-16,27H2,1-3H3,(H2,28,29,31)/t17?,18?,19?,20?,23-,24+,25+,26-/m0/s1. The first-order valence-electron chi connectivity index (χ1n) is 13.0. The molecule has 4 N–H and O–H groups in total. The van der Waals surface area contributed by atoms with Crippen molar-refractivity contribution in [3.8, 4) is 0 Å². The number of fused-ring (bicyclic) bond motifs is 3. The topological polar surface area (TPSA) is 67.2 Å². The molecule has 4 unspecified atom stereocenters. The second-order valence-electron chi connectivity index (χ2n) is 12.8. The molecule has 0 aliphatic heterocycles. The number of carbonyl (C=O) groups excluding carboxylic acids is 1. The van der Waals surface area contributed by atoms with E-state index in [1.165, 1.54) is 51.4 Å². The zero-order valence-electron chi connectivity index (χ0n) is 19.9. The third kappa shape index (κ3) is 3.39. The molecule has 4 nitrogen and oxygen atoms in total. The molecule has 0 heterocycles. The molecule has 0 saturated heterocycles. The minimum absolute atomic E-state index is 0.0276. The largest absolute Gasteiger partial charge is 0.358 e. The molecule has 8 atom stereocenters. The summed E-state index contributed by atoms with van der Waals surface area (Å²) < 4.78 is 0. The van der Waals surface area contributed by atoms with E-state index in [9.17, 15) is 4.79 Å². The van der Waals surface area contributed by atoms with E-state index in [4.69, 9.17) is 18.0 Å². The summed E-state index contributed by atoms with van der Waals surface area (Å²) in [5, 5.41) is 8.24. The van der Waals surface area contributed by atoms with Crippen LogP contribution in [-0.2, 0) is 4.79 Å². The van der Waals surface area contributed by atoms with Crippen LogP contribution in [0.25, 0.3) is 0 Å². The van der Waals surface area contributed by atoms with Gasteiger partial charge >= 0.3 is 0 Å². The Morgan fingerprint density at radius 2 is 1.71 bits per heavy atom. The Morgan fingerprint density at radius 1 is 0.968 bits per heavy atom. The lowest BCUT2D eigenvalue weighted by Crippen LogP contribution is -2.66. The maximum Gasteiger partial charge on any atom is 0.166 e. The predicted octanol–water partition coefficient (Wildman–Crippen LogP) is 4.84. The smallest absolute Gasteiger partial charge is 0.166 e. The summed E-state index contributed by atoms with van der Waals surface area (Å²) in [6.45, 7) is 7.25. The molecule has 0 aromatic carbocycles. The summed E-state index contributed by atoms with van der Waals surface area (Å²) in [6, 6.07) is 0.520. The third-order valence-electron chi connectivity index (χ3n) is 10.9. The lowest BCUT2D eigenvalue weighted by Gasteiger charge is -2.64. The van der Waals surface area contributed by atoms with E-state index >= 15 is 0 Å². The van der Waals surface area contributed by atoms with Crippen LogP contribution in [-0.4, -0.2) is 28.5 Å². The molecule has 31 heavy (non-hydrogen) atoms. The fourth-order valence-corrected chi connectivity index (χ4v) is 9.84. The molecule has 0 aromatic rings.